The molecular weight excluding hydrogens is 296 g/mol. The second-order valence-corrected chi connectivity index (χ2v) is 6.15. The van der Waals surface area contributed by atoms with Crippen molar-refractivity contribution in [3.8, 4) is 0 Å². The Morgan fingerprint density at radius 3 is 2.61 bits per heavy atom. The lowest BCUT2D eigenvalue weighted by atomic mass is 10.1. The van der Waals surface area contributed by atoms with Crippen LogP contribution in [0.15, 0.2) is 10.5 Å². The molecule has 0 aliphatic carbocycles. The standard InChI is InChI=1S/C17H26N2O4/c1-12(16(20)19-8-6-5-7-9-19)18(3)11-14-10-15(13(2)23-14)17(21)22-4/h10,12H,5-9,11H2,1-4H3. The van der Waals surface area contributed by atoms with E-state index in [1.807, 2.05) is 23.8 Å². The van der Waals surface area contributed by atoms with Gasteiger partial charge in [-0.05, 0) is 46.2 Å². The van der Waals surface area contributed by atoms with Gasteiger partial charge in [0.1, 0.15) is 17.1 Å². The normalized spacial score (nSPS) is 16.5. The number of furan rings is 1. The van der Waals surface area contributed by atoms with Gasteiger partial charge in [0.2, 0.25) is 5.91 Å². The molecular formula is C17H26N2O4. The fourth-order valence-corrected chi connectivity index (χ4v) is 2.88. The molecule has 1 atom stereocenters. The van der Waals surface area contributed by atoms with Crippen LogP contribution in [0.2, 0.25) is 0 Å². The predicted octanol–water partition coefficient (Wildman–Crippen LogP) is 2.21. The number of hydrogen-bond acceptors (Lipinski definition) is 5. The predicted molar refractivity (Wildman–Crippen MR) is 86.1 cm³/mol. The summed E-state index contributed by atoms with van der Waals surface area (Å²) in [7, 11) is 3.24. The van der Waals surface area contributed by atoms with Crippen LogP contribution >= 0.6 is 0 Å². The number of methoxy groups -OCH3 is 1. The van der Waals surface area contributed by atoms with Gasteiger partial charge in [0, 0.05) is 13.1 Å². The third kappa shape index (κ3) is 4.13. The summed E-state index contributed by atoms with van der Waals surface area (Å²) in [5.74, 6) is 0.945. The van der Waals surface area contributed by atoms with Crippen LogP contribution in [-0.2, 0) is 16.1 Å². The summed E-state index contributed by atoms with van der Waals surface area (Å²) < 4.78 is 10.3. The summed E-state index contributed by atoms with van der Waals surface area (Å²) in [6, 6.07) is 1.47. The Morgan fingerprint density at radius 1 is 1.35 bits per heavy atom. The van der Waals surface area contributed by atoms with Crippen LogP contribution in [-0.4, -0.2) is 55.0 Å². The van der Waals surface area contributed by atoms with E-state index in [0.717, 1.165) is 25.9 Å². The quantitative estimate of drug-likeness (QED) is 0.778. The zero-order valence-electron chi connectivity index (χ0n) is 14.4. The van der Waals surface area contributed by atoms with Gasteiger partial charge in [-0.25, -0.2) is 4.79 Å². The van der Waals surface area contributed by atoms with E-state index in [2.05, 4.69) is 0 Å². The van der Waals surface area contributed by atoms with Crippen LogP contribution in [0.1, 0.15) is 48.1 Å². The number of carbonyl (C=O) groups is 2. The second kappa shape index (κ2) is 7.64. The van der Waals surface area contributed by atoms with Crippen molar-refractivity contribution in [2.24, 2.45) is 0 Å². The van der Waals surface area contributed by atoms with Gasteiger partial charge in [0.25, 0.3) is 0 Å². The van der Waals surface area contributed by atoms with Gasteiger partial charge >= 0.3 is 5.97 Å². The molecule has 6 heteroatoms. The topological polar surface area (TPSA) is 63.0 Å². The molecule has 1 saturated heterocycles. The molecule has 1 aromatic rings. The van der Waals surface area contributed by atoms with Gasteiger partial charge < -0.3 is 14.1 Å². The smallest absolute Gasteiger partial charge is 0.341 e. The molecule has 6 nitrogen and oxygen atoms in total. The van der Waals surface area contributed by atoms with E-state index in [-0.39, 0.29) is 11.9 Å². The van der Waals surface area contributed by atoms with Crippen molar-refractivity contribution in [2.75, 3.05) is 27.2 Å². The minimum atomic E-state index is -0.405. The van der Waals surface area contributed by atoms with Crippen LogP contribution in [0.4, 0.5) is 0 Å². The third-order valence-corrected chi connectivity index (χ3v) is 4.47. The molecule has 0 radical (unpaired) electrons. The van der Waals surface area contributed by atoms with E-state index in [1.165, 1.54) is 13.5 Å². The summed E-state index contributed by atoms with van der Waals surface area (Å²) in [5.41, 5.74) is 0.436. The Hall–Kier alpha value is -1.82. The monoisotopic (exact) mass is 322 g/mol. The van der Waals surface area contributed by atoms with Crippen molar-refractivity contribution >= 4 is 11.9 Å². The van der Waals surface area contributed by atoms with Gasteiger partial charge in [-0.3, -0.25) is 9.69 Å². The average Bonchev–Trinajstić information content (AvgIpc) is 2.93. The lowest BCUT2D eigenvalue weighted by molar-refractivity contribution is -0.137. The molecule has 2 heterocycles. The fourth-order valence-electron chi connectivity index (χ4n) is 2.88. The number of rotatable bonds is 5. The van der Waals surface area contributed by atoms with Crippen LogP contribution in [0.25, 0.3) is 0 Å². The van der Waals surface area contributed by atoms with Crippen molar-refractivity contribution in [2.45, 2.75) is 45.7 Å². The minimum absolute atomic E-state index is 0.156. The minimum Gasteiger partial charge on any atom is -0.465 e. The highest BCUT2D eigenvalue weighted by molar-refractivity contribution is 5.90. The first-order valence-corrected chi connectivity index (χ1v) is 8.10. The molecule has 1 fully saturated rings. The number of hydrogen-bond donors (Lipinski definition) is 0. The Labute approximate surface area is 137 Å². The molecule has 0 N–H and O–H groups in total. The van der Waals surface area contributed by atoms with Crippen LogP contribution in [0.3, 0.4) is 0 Å². The summed E-state index contributed by atoms with van der Waals surface area (Å²) >= 11 is 0. The highest BCUT2D eigenvalue weighted by Crippen LogP contribution is 2.18. The molecule has 0 saturated carbocycles. The summed E-state index contributed by atoms with van der Waals surface area (Å²) in [5, 5.41) is 0. The maximum Gasteiger partial charge on any atom is 0.341 e. The number of likely N-dealkylation sites (N-methyl/N-ethyl adjacent to an activating group) is 1. The first-order chi connectivity index (χ1) is 10.9. The average molecular weight is 322 g/mol. The van der Waals surface area contributed by atoms with Crippen molar-refractivity contribution in [1.29, 1.82) is 0 Å². The van der Waals surface area contributed by atoms with E-state index in [0.29, 0.717) is 23.6 Å². The Bertz CT molecular complexity index is 561. The summed E-state index contributed by atoms with van der Waals surface area (Å²) in [4.78, 5) is 28.0. The van der Waals surface area contributed by atoms with Crippen LogP contribution in [0.5, 0.6) is 0 Å². The van der Waals surface area contributed by atoms with E-state index in [1.54, 1.807) is 13.0 Å². The molecule has 1 amide bonds. The molecule has 23 heavy (non-hydrogen) atoms. The number of carbonyl (C=O) groups excluding carboxylic acids is 2. The Kier molecular flexibility index (Phi) is 5.82. The highest BCUT2D eigenvalue weighted by atomic mass is 16.5. The van der Waals surface area contributed by atoms with E-state index in [9.17, 15) is 9.59 Å². The first-order valence-electron chi connectivity index (χ1n) is 8.10. The summed E-state index contributed by atoms with van der Waals surface area (Å²) in [6.07, 6.45) is 3.38. The van der Waals surface area contributed by atoms with Gasteiger partial charge in [0.15, 0.2) is 0 Å². The van der Waals surface area contributed by atoms with Crippen molar-refractivity contribution in [1.82, 2.24) is 9.80 Å². The van der Waals surface area contributed by atoms with Crippen molar-refractivity contribution in [3.05, 3.63) is 23.2 Å². The maximum atomic E-state index is 12.5. The fraction of sp³-hybridized carbons (Fsp3) is 0.647. The maximum absolute atomic E-state index is 12.5. The zero-order chi connectivity index (χ0) is 17.0. The number of nitrogens with zero attached hydrogens (tertiary/aromatic N) is 2. The number of likely N-dealkylation sites (tertiary alicyclic amines) is 1. The highest BCUT2D eigenvalue weighted by Gasteiger charge is 2.26. The van der Waals surface area contributed by atoms with Gasteiger partial charge in [0.05, 0.1) is 19.7 Å². The van der Waals surface area contributed by atoms with Gasteiger partial charge in [-0.1, -0.05) is 0 Å². The lowest BCUT2D eigenvalue weighted by Crippen LogP contribution is -2.47. The van der Waals surface area contributed by atoms with E-state index in [4.69, 9.17) is 9.15 Å². The molecule has 0 aromatic carbocycles. The number of aryl methyl sites for hydroxylation is 1. The molecule has 128 valence electrons. The molecule has 1 unspecified atom stereocenters. The second-order valence-electron chi connectivity index (χ2n) is 6.15. The van der Waals surface area contributed by atoms with Crippen LogP contribution < -0.4 is 0 Å². The van der Waals surface area contributed by atoms with Gasteiger partial charge in [-0.15, -0.1) is 0 Å². The van der Waals surface area contributed by atoms with E-state index >= 15 is 0 Å². The molecule has 2 rings (SSSR count). The first kappa shape index (κ1) is 17.5. The Balaban J connectivity index is 1.99. The van der Waals surface area contributed by atoms with Crippen molar-refractivity contribution < 1.29 is 18.7 Å². The van der Waals surface area contributed by atoms with Gasteiger partial charge in [-0.2, -0.15) is 0 Å². The molecule has 1 aliphatic heterocycles. The molecule has 1 aromatic heterocycles. The van der Waals surface area contributed by atoms with Crippen molar-refractivity contribution in [3.63, 3.8) is 0 Å². The van der Waals surface area contributed by atoms with Crippen LogP contribution in [0, 0.1) is 6.92 Å². The zero-order valence-corrected chi connectivity index (χ0v) is 14.4. The Morgan fingerprint density at radius 2 is 2.00 bits per heavy atom. The molecule has 0 bridgehead atoms. The molecule has 0 spiro atoms. The largest absolute Gasteiger partial charge is 0.465 e. The number of piperidine rings is 1. The lowest BCUT2D eigenvalue weighted by Gasteiger charge is -2.32. The SMILES string of the molecule is COC(=O)c1cc(CN(C)C(C)C(=O)N2CCCCC2)oc1C. The van der Waals surface area contributed by atoms with E-state index < -0.39 is 5.97 Å². The molecule has 1 aliphatic rings. The third-order valence-electron chi connectivity index (χ3n) is 4.47. The number of esters is 1. The summed E-state index contributed by atoms with van der Waals surface area (Å²) in [6.45, 7) is 5.82. The number of ether oxygens (including phenoxy) is 1. The number of amides is 1.